The molecule has 21 heavy (non-hydrogen) atoms. The number of nitrogens with one attached hydrogen (secondary N) is 1. The minimum Gasteiger partial charge on any atom is -0.480 e. The fourth-order valence-electron chi connectivity index (χ4n) is 1.66. The first kappa shape index (κ1) is 17.5. The van der Waals surface area contributed by atoms with Crippen molar-refractivity contribution in [2.75, 3.05) is 12.0 Å². The Morgan fingerprint density at radius 1 is 1.38 bits per heavy atom. The lowest BCUT2D eigenvalue weighted by molar-refractivity contribution is -0.139. The standard InChI is InChI=1S/C13H16ClNO5S/c1-8-3-4-9(14)7-10(8)12(16)15-11(13(17)18)5-6-21(2,19)20/h3-4,7,11H,5-6H2,1-2H3,(H,15,16)(H,17,18). The minimum atomic E-state index is -3.30. The lowest BCUT2D eigenvalue weighted by Crippen LogP contribution is -2.42. The first-order valence-corrected chi connectivity index (χ1v) is 8.51. The summed E-state index contributed by atoms with van der Waals surface area (Å²) in [5, 5.41) is 11.7. The molecule has 1 aromatic carbocycles. The van der Waals surface area contributed by atoms with E-state index in [1.54, 1.807) is 19.1 Å². The van der Waals surface area contributed by atoms with Crippen molar-refractivity contribution in [3.8, 4) is 0 Å². The number of sulfone groups is 1. The fraction of sp³-hybridized carbons (Fsp3) is 0.385. The third-order valence-corrected chi connectivity index (χ3v) is 4.04. The van der Waals surface area contributed by atoms with Gasteiger partial charge in [-0.3, -0.25) is 4.79 Å². The summed E-state index contributed by atoms with van der Waals surface area (Å²) in [7, 11) is -3.30. The van der Waals surface area contributed by atoms with E-state index in [2.05, 4.69) is 5.32 Å². The van der Waals surface area contributed by atoms with Crippen molar-refractivity contribution >= 4 is 33.3 Å². The number of amides is 1. The third-order valence-electron chi connectivity index (χ3n) is 2.82. The quantitative estimate of drug-likeness (QED) is 0.816. The SMILES string of the molecule is Cc1ccc(Cl)cc1C(=O)NC(CCS(C)(=O)=O)C(=O)O. The van der Waals surface area contributed by atoms with Crippen molar-refractivity contribution in [2.45, 2.75) is 19.4 Å². The molecule has 0 fully saturated rings. The van der Waals surface area contributed by atoms with Crippen molar-refractivity contribution in [1.82, 2.24) is 5.32 Å². The number of carboxylic acids is 1. The van der Waals surface area contributed by atoms with Gasteiger partial charge in [-0.2, -0.15) is 0 Å². The maximum Gasteiger partial charge on any atom is 0.326 e. The maximum atomic E-state index is 12.1. The monoisotopic (exact) mass is 333 g/mol. The van der Waals surface area contributed by atoms with Gasteiger partial charge in [0.25, 0.3) is 5.91 Å². The van der Waals surface area contributed by atoms with Gasteiger partial charge >= 0.3 is 5.97 Å². The van der Waals surface area contributed by atoms with E-state index in [1.807, 2.05) is 0 Å². The lowest BCUT2D eigenvalue weighted by atomic mass is 10.1. The lowest BCUT2D eigenvalue weighted by Gasteiger charge is -2.15. The molecule has 0 spiro atoms. The van der Waals surface area contributed by atoms with E-state index in [1.165, 1.54) is 6.07 Å². The first-order chi connectivity index (χ1) is 9.60. The number of carboxylic acid groups (broad SMARTS) is 1. The highest BCUT2D eigenvalue weighted by atomic mass is 35.5. The van der Waals surface area contributed by atoms with Gasteiger partial charge in [0.1, 0.15) is 15.9 Å². The molecule has 0 saturated heterocycles. The number of aliphatic carboxylic acids is 1. The molecule has 0 aliphatic rings. The zero-order valence-electron chi connectivity index (χ0n) is 11.6. The molecule has 6 nitrogen and oxygen atoms in total. The highest BCUT2D eigenvalue weighted by Crippen LogP contribution is 2.15. The summed E-state index contributed by atoms with van der Waals surface area (Å²) < 4.78 is 22.2. The summed E-state index contributed by atoms with van der Waals surface area (Å²) in [6.07, 6.45) is 0.814. The normalized spacial score (nSPS) is 12.7. The number of hydrogen-bond acceptors (Lipinski definition) is 4. The zero-order valence-corrected chi connectivity index (χ0v) is 13.2. The van der Waals surface area contributed by atoms with Crippen LogP contribution in [0.4, 0.5) is 0 Å². The summed E-state index contributed by atoms with van der Waals surface area (Å²) in [5.41, 5.74) is 0.900. The topological polar surface area (TPSA) is 101 Å². The van der Waals surface area contributed by atoms with Crippen LogP contribution in [0.2, 0.25) is 5.02 Å². The number of carbonyl (C=O) groups is 2. The Bertz CT molecular complexity index is 657. The molecule has 1 amide bonds. The maximum absolute atomic E-state index is 12.1. The van der Waals surface area contributed by atoms with Gasteiger partial charge in [-0.25, -0.2) is 13.2 Å². The van der Waals surface area contributed by atoms with E-state index in [9.17, 15) is 18.0 Å². The molecular weight excluding hydrogens is 318 g/mol. The molecule has 0 radical (unpaired) electrons. The number of carbonyl (C=O) groups excluding carboxylic acids is 1. The van der Waals surface area contributed by atoms with E-state index >= 15 is 0 Å². The molecule has 0 aromatic heterocycles. The molecule has 0 aliphatic carbocycles. The minimum absolute atomic E-state index is 0.195. The van der Waals surface area contributed by atoms with Crippen LogP contribution in [0, 0.1) is 6.92 Å². The van der Waals surface area contributed by atoms with Crippen LogP contribution < -0.4 is 5.32 Å². The largest absolute Gasteiger partial charge is 0.480 e. The second kappa shape index (κ2) is 6.91. The summed E-state index contributed by atoms with van der Waals surface area (Å²) >= 11 is 5.81. The number of rotatable bonds is 6. The Labute approximate surface area is 128 Å². The van der Waals surface area contributed by atoms with Gasteiger partial charge in [-0.1, -0.05) is 17.7 Å². The first-order valence-electron chi connectivity index (χ1n) is 6.07. The van der Waals surface area contributed by atoms with Gasteiger partial charge in [-0.15, -0.1) is 0 Å². The van der Waals surface area contributed by atoms with Crippen LogP contribution in [0.5, 0.6) is 0 Å². The molecule has 0 aliphatic heterocycles. The highest BCUT2D eigenvalue weighted by Gasteiger charge is 2.23. The predicted octanol–water partition coefficient (Wildman–Crippen LogP) is 1.27. The summed E-state index contributed by atoms with van der Waals surface area (Å²) in [6, 6.07) is 3.42. The van der Waals surface area contributed by atoms with Crippen molar-refractivity contribution < 1.29 is 23.1 Å². The molecule has 0 bridgehead atoms. The van der Waals surface area contributed by atoms with E-state index in [-0.39, 0.29) is 17.7 Å². The van der Waals surface area contributed by atoms with E-state index < -0.39 is 27.8 Å². The average Bonchev–Trinajstić information content (AvgIpc) is 2.35. The molecule has 8 heteroatoms. The van der Waals surface area contributed by atoms with E-state index in [4.69, 9.17) is 16.7 Å². The molecule has 1 aromatic rings. The summed E-state index contributed by atoms with van der Waals surface area (Å²) in [4.78, 5) is 23.2. The van der Waals surface area contributed by atoms with Crippen molar-refractivity contribution in [1.29, 1.82) is 0 Å². The Kier molecular flexibility index (Phi) is 5.74. The fourth-order valence-corrected chi connectivity index (χ4v) is 2.50. The number of benzene rings is 1. The molecule has 0 heterocycles. The Morgan fingerprint density at radius 2 is 2.00 bits per heavy atom. The Hall–Kier alpha value is -1.60. The zero-order chi connectivity index (χ0) is 16.2. The number of aryl methyl sites for hydroxylation is 1. The van der Waals surface area contributed by atoms with Gasteiger partial charge in [0.2, 0.25) is 0 Å². The van der Waals surface area contributed by atoms with Gasteiger partial charge in [0.15, 0.2) is 0 Å². The number of halogens is 1. The second-order valence-electron chi connectivity index (χ2n) is 4.74. The predicted molar refractivity (Wildman–Crippen MR) is 79.4 cm³/mol. The van der Waals surface area contributed by atoms with Crippen molar-refractivity contribution in [3.05, 3.63) is 34.3 Å². The van der Waals surface area contributed by atoms with Gasteiger partial charge in [0.05, 0.1) is 5.75 Å². The van der Waals surface area contributed by atoms with Gasteiger partial charge < -0.3 is 10.4 Å². The van der Waals surface area contributed by atoms with Crippen LogP contribution >= 0.6 is 11.6 Å². The van der Waals surface area contributed by atoms with Crippen LogP contribution in [0.1, 0.15) is 22.3 Å². The Morgan fingerprint density at radius 3 is 2.52 bits per heavy atom. The van der Waals surface area contributed by atoms with Crippen molar-refractivity contribution in [3.63, 3.8) is 0 Å². The molecule has 2 N–H and O–H groups in total. The number of hydrogen-bond donors (Lipinski definition) is 2. The van der Waals surface area contributed by atoms with Gasteiger partial charge in [-0.05, 0) is 31.0 Å². The highest BCUT2D eigenvalue weighted by molar-refractivity contribution is 7.90. The van der Waals surface area contributed by atoms with Gasteiger partial charge in [0, 0.05) is 16.8 Å². The molecule has 116 valence electrons. The van der Waals surface area contributed by atoms with Crippen molar-refractivity contribution in [2.24, 2.45) is 0 Å². The van der Waals surface area contributed by atoms with Crippen LogP contribution in [0.25, 0.3) is 0 Å². The molecular formula is C13H16ClNO5S. The molecule has 1 unspecified atom stereocenters. The summed E-state index contributed by atoms with van der Waals surface area (Å²) in [6.45, 7) is 1.69. The van der Waals surface area contributed by atoms with Crippen LogP contribution in [-0.2, 0) is 14.6 Å². The second-order valence-corrected chi connectivity index (χ2v) is 7.44. The van der Waals surface area contributed by atoms with E-state index in [0.717, 1.165) is 6.26 Å². The molecule has 1 atom stereocenters. The molecule has 1 rings (SSSR count). The van der Waals surface area contributed by atoms with Crippen LogP contribution in [0.15, 0.2) is 18.2 Å². The smallest absolute Gasteiger partial charge is 0.326 e. The summed E-state index contributed by atoms with van der Waals surface area (Å²) in [5.74, 6) is -2.21. The van der Waals surface area contributed by atoms with Crippen LogP contribution in [-0.4, -0.2) is 43.5 Å². The van der Waals surface area contributed by atoms with E-state index in [0.29, 0.717) is 10.6 Å². The van der Waals surface area contributed by atoms with Crippen LogP contribution in [0.3, 0.4) is 0 Å². The average molecular weight is 334 g/mol. The third kappa shape index (κ3) is 5.73. The molecule has 0 saturated carbocycles. The Balaban J connectivity index is 2.86.